The van der Waals surface area contributed by atoms with E-state index in [-0.39, 0.29) is 29.3 Å². The van der Waals surface area contributed by atoms with Crippen molar-refractivity contribution in [1.82, 2.24) is 25.0 Å². The zero-order valence-electron chi connectivity index (χ0n) is 17.2. The third-order valence-electron chi connectivity index (χ3n) is 4.04. The average molecular weight is 425 g/mol. The molecule has 0 bridgehead atoms. The second-order valence-electron chi connectivity index (χ2n) is 8.27. The van der Waals surface area contributed by atoms with Gasteiger partial charge < -0.3 is 19.1 Å². The first-order chi connectivity index (χ1) is 13.8. The third-order valence-corrected chi connectivity index (χ3v) is 4.04. The molecule has 0 aliphatic heterocycles. The van der Waals surface area contributed by atoms with Gasteiger partial charge in [-0.25, -0.2) is 9.78 Å². The molecule has 3 aromatic rings. The van der Waals surface area contributed by atoms with Crippen molar-refractivity contribution >= 4 is 17.1 Å². The minimum absolute atomic E-state index is 0.0577. The van der Waals surface area contributed by atoms with Crippen molar-refractivity contribution in [3.8, 4) is 0 Å². The van der Waals surface area contributed by atoms with Crippen molar-refractivity contribution < 1.29 is 27.2 Å². The lowest BCUT2D eigenvalue weighted by molar-refractivity contribution is -0.146. The van der Waals surface area contributed by atoms with E-state index in [2.05, 4.69) is 20.4 Å². The number of hydrogen-bond acceptors (Lipinski definition) is 6. The van der Waals surface area contributed by atoms with Gasteiger partial charge in [0.25, 0.3) is 0 Å². The van der Waals surface area contributed by atoms with Gasteiger partial charge in [0.15, 0.2) is 5.82 Å². The van der Waals surface area contributed by atoms with Crippen LogP contribution in [0.1, 0.15) is 52.2 Å². The number of alkyl halides is 3. The molecule has 30 heavy (non-hydrogen) atoms. The molecular weight excluding hydrogens is 403 g/mol. The summed E-state index contributed by atoms with van der Waals surface area (Å²) in [7, 11) is 0. The number of benzene rings is 1. The van der Waals surface area contributed by atoms with E-state index < -0.39 is 29.2 Å². The van der Waals surface area contributed by atoms with E-state index in [4.69, 9.17) is 9.26 Å². The first-order valence-corrected chi connectivity index (χ1v) is 9.13. The lowest BCUT2D eigenvalue weighted by Gasteiger charge is -2.26. The van der Waals surface area contributed by atoms with Gasteiger partial charge in [-0.2, -0.15) is 18.2 Å². The van der Waals surface area contributed by atoms with Crippen molar-refractivity contribution in [2.45, 2.75) is 58.5 Å². The van der Waals surface area contributed by atoms with E-state index in [1.807, 2.05) is 0 Å². The molecule has 1 aromatic carbocycles. The molecule has 8 nitrogen and oxygen atoms in total. The average Bonchev–Trinajstić information content (AvgIpc) is 3.18. The normalized spacial score (nSPS) is 12.9. The van der Waals surface area contributed by atoms with E-state index in [9.17, 15) is 18.0 Å². The molecule has 0 saturated carbocycles. The quantitative estimate of drug-likeness (QED) is 0.672. The number of aromatic nitrogens is 4. The van der Waals surface area contributed by atoms with Crippen molar-refractivity contribution in [3.05, 3.63) is 41.8 Å². The SMILES string of the molecule is CC(C)(C)OC(=O)NC(C)(C)c1noc(Cn2c(C(F)(F)F)nc3ccccc32)n1. The van der Waals surface area contributed by atoms with Crippen LogP contribution in [0.5, 0.6) is 0 Å². The number of carbonyl (C=O) groups is 1. The molecule has 0 atom stereocenters. The molecule has 2 heterocycles. The summed E-state index contributed by atoms with van der Waals surface area (Å²) in [6.07, 6.45) is -5.34. The zero-order valence-corrected chi connectivity index (χ0v) is 17.2. The number of rotatable bonds is 4. The van der Waals surface area contributed by atoms with E-state index in [1.165, 1.54) is 12.1 Å². The summed E-state index contributed by atoms with van der Waals surface area (Å²) in [6.45, 7) is 8.09. The number of halogens is 3. The maximum atomic E-state index is 13.5. The van der Waals surface area contributed by atoms with Crippen LogP contribution in [0.3, 0.4) is 0 Å². The summed E-state index contributed by atoms with van der Waals surface area (Å²) >= 11 is 0. The van der Waals surface area contributed by atoms with Crippen LogP contribution in [0.15, 0.2) is 28.8 Å². The maximum absolute atomic E-state index is 13.5. The first kappa shape index (κ1) is 21.6. The van der Waals surface area contributed by atoms with Crippen LogP contribution in [0.25, 0.3) is 11.0 Å². The van der Waals surface area contributed by atoms with Crippen LogP contribution in [-0.4, -0.2) is 31.4 Å². The third kappa shape index (κ3) is 4.71. The number of nitrogens with one attached hydrogen (secondary N) is 1. The van der Waals surface area contributed by atoms with Crippen LogP contribution in [0.2, 0.25) is 0 Å². The number of fused-ring (bicyclic) bond motifs is 1. The van der Waals surface area contributed by atoms with Crippen LogP contribution in [0.4, 0.5) is 18.0 Å². The topological polar surface area (TPSA) is 95.1 Å². The smallest absolute Gasteiger partial charge is 0.444 e. The maximum Gasteiger partial charge on any atom is 0.449 e. The number of para-hydroxylation sites is 2. The molecule has 0 fully saturated rings. The van der Waals surface area contributed by atoms with Crippen LogP contribution < -0.4 is 5.32 Å². The number of hydrogen-bond donors (Lipinski definition) is 1. The zero-order chi connectivity index (χ0) is 22.3. The van der Waals surface area contributed by atoms with E-state index in [0.717, 1.165) is 4.57 Å². The monoisotopic (exact) mass is 425 g/mol. The van der Waals surface area contributed by atoms with Gasteiger partial charge in [0.05, 0.1) is 11.0 Å². The molecule has 0 aliphatic rings. The second-order valence-corrected chi connectivity index (χ2v) is 8.27. The Morgan fingerprint density at radius 2 is 1.80 bits per heavy atom. The Kier molecular flexibility index (Phi) is 5.25. The van der Waals surface area contributed by atoms with Crippen molar-refractivity contribution in [3.63, 3.8) is 0 Å². The van der Waals surface area contributed by atoms with Crippen molar-refractivity contribution in [1.29, 1.82) is 0 Å². The van der Waals surface area contributed by atoms with Gasteiger partial charge >= 0.3 is 12.3 Å². The Morgan fingerprint density at radius 1 is 1.13 bits per heavy atom. The van der Waals surface area contributed by atoms with Crippen molar-refractivity contribution in [2.75, 3.05) is 0 Å². The second kappa shape index (κ2) is 7.29. The largest absolute Gasteiger partial charge is 0.449 e. The van der Waals surface area contributed by atoms with Crippen LogP contribution in [-0.2, 0) is 23.0 Å². The Bertz CT molecular complexity index is 1060. The Balaban J connectivity index is 1.86. The van der Waals surface area contributed by atoms with Gasteiger partial charge in [-0.15, -0.1) is 0 Å². The van der Waals surface area contributed by atoms with Crippen molar-refractivity contribution in [2.24, 2.45) is 0 Å². The van der Waals surface area contributed by atoms with E-state index in [1.54, 1.807) is 46.8 Å². The number of nitrogens with zero attached hydrogens (tertiary/aromatic N) is 4. The molecule has 11 heteroatoms. The van der Waals surface area contributed by atoms with Gasteiger partial charge in [-0.05, 0) is 46.8 Å². The lowest BCUT2D eigenvalue weighted by Crippen LogP contribution is -2.44. The molecule has 0 spiro atoms. The fourth-order valence-electron chi connectivity index (χ4n) is 2.77. The predicted octanol–water partition coefficient (Wildman–Crippen LogP) is 4.25. The summed E-state index contributed by atoms with van der Waals surface area (Å²) in [4.78, 5) is 19.9. The summed E-state index contributed by atoms with van der Waals surface area (Å²) in [5.74, 6) is -1.02. The Morgan fingerprint density at radius 3 is 2.43 bits per heavy atom. The highest BCUT2D eigenvalue weighted by molar-refractivity contribution is 5.76. The molecule has 0 saturated heterocycles. The highest BCUT2D eigenvalue weighted by atomic mass is 19.4. The number of imidazole rings is 1. The summed E-state index contributed by atoms with van der Waals surface area (Å²) in [5.41, 5.74) is -1.28. The summed E-state index contributed by atoms with van der Waals surface area (Å²) in [6, 6.07) is 6.25. The van der Waals surface area contributed by atoms with Gasteiger partial charge in [0.2, 0.25) is 11.7 Å². The minimum atomic E-state index is -4.65. The van der Waals surface area contributed by atoms with Gasteiger partial charge in [0, 0.05) is 0 Å². The molecule has 1 amide bonds. The van der Waals surface area contributed by atoms with E-state index in [0.29, 0.717) is 0 Å². The van der Waals surface area contributed by atoms with Gasteiger partial charge in [0.1, 0.15) is 17.7 Å². The Labute approximate surface area is 170 Å². The fraction of sp³-hybridized carbons (Fsp3) is 0.474. The Hall–Kier alpha value is -3.11. The molecule has 0 radical (unpaired) electrons. The standard InChI is InChI=1S/C19H22F3N5O3/c1-17(2,3)29-16(28)25-18(4,5)14-24-13(30-26-14)10-27-12-9-7-6-8-11(12)23-15(27)19(20,21)22/h6-9H,10H2,1-5H3,(H,25,28). The van der Waals surface area contributed by atoms with Gasteiger partial charge in [-0.1, -0.05) is 17.3 Å². The molecular formula is C19H22F3N5O3. The minimum Gasteiger partial charge on any atom is -0.444 e. The number of amides is 1. The summed E-state index contributed by atoms with van der Waals surface area (Å²) < 4.78 is 51.7. The number of alkyl carbamates (subject to hydrolysis) is 1. The molecule has 0 unspecified atom stereocenters. The highest BCUT2D eigenvalue weighted by Crippen LogP contribution is 2.32. The lowest BCUT2D eigenvalue weighted by atomic mass is 10.1. The van der Waals surface area contributed by atoms with Gasteiger partial charge in [-0.3, -0.25) is 0 Å². The summed E-state index contributed by atoms with van der Waals surface area (Å²) in [5, 5.41) is 6.44. The fourth-order valence-corrected chi connectivity index (χ4v) is 2.77. The van der Waals surface area contributed by atoms with Crippen LogP contribution in [0, 0.1) is 0 Å². The van der Waals surface area contributed by atoms with E-state index >= 15 is 0 Å². The predicted molar refractivity (Wildman–Crippen MR) is 101 cm³/mol. The number of ether oxygens (including phenoxy) is 1. The molecule has 0 aliphatic carbocycles. The molecule has 162 valence electrons. The molecule has 1 N–H and O–H groups in total. The molecule has 3 rings (SSSR count). The highest BCUT2D eigenvalue weighted by Gasteiger charge is 2.38. The van der Waals surface area contributed by atoms with Crippen LogP contribution >= 0.6 is 0 Å². The number of carbonyl (C=O) groups excluding carboxylic acids is 1. The first-order valence-electron chi connectivity index (χ1n) is 9.13. The molecule has 2 aromatic heterocycles.